The molecule has 2 amide bonds. The van der Waals surface area contributed by atoms with Crippen LogP contribution in [-0.2, 0) is 0 Å². The fraction of sp³-hybridized carbons (Fsp3) is 0.0556. The number of carbonyl (C=O) groups excluding carboxylic acids is 1. The lowest BCUT2D eigenvalue weighted by Gasteiger charge is -2.05. The second-order valence-corrected chi connectivity index (χ2v) is 6.03. The van der Waals surface area contributed by atoms with Gasteiger partial charge >= 0.3 is 6.03 Å². The Balaban J connectivity index is 1.65. The number of nitrogens with zero attached hydrogens (tertiary/aromatic N) is 2. The first-order valence-electron chi connectivity index (χ1n) is 7.25. The highest BCUT2D eigenvalue weighted by molar-refractivity contribution is 7.14. The van der Waals surface area contributed by atoms with Gasteiger partial charge in [-0.05, 0) is 31.2 Å². The number of rotatable bonds is 3. The van der Waals surface area contributed by atoms with Crippen LogP contribution < -0.4 is 10.6 Å². The average molecular weight is 334 g/mol. The molecule has 0 saturated carbocycles. The molecule has 0 aliphatic carbocycles. The molecule has 24 heavy (non-hydrogen) atoms. The Labute approximate surface area is 143 Å². The van der Waals surface area contributed by atoms with Crippen LogP contribution in [0.25, 0.3) is 11.3 Å². The molecule has 2 N–H and O–H groups in total. The minimum absolute atomic E-state index is 0.334. The highest BCUT2D eigenvalue weighted by Gasteiger charge is 2.08. The Morgan fingerprint density at radius 3 is 2.46 bits per heavy atom. The first-order valence-corrected chi connectivity index (χ1v) is 8.13. The Hall–Kier alpha value is -3.17. The zero-order chi connectivity index (χ0) is 16.9. The molecule has 0 spiro atoms. The van der Waals surface area contributed by atoms with Gasteiger partial charge in [0.2, 0.25) is 0 Å². The summed E-state index contributed by atoms with van der Waals surface area (Å²) in [5.74, 6) is 0. The quantitative estimate of drug-likeness (QED) is 0.733. The number of thiazole rings is 1. The third-order valence-electron chi connectivity index (χ3n) is 3.34. The summed E-state index contributed by atoms with van der Waals surface area (Å²) in [6.07, 6.45) is 0. The van der Waals surface area contributed by atoms with Crippen LogP contribution in [0.2, 0.25) is 0 Å². The van der Waals surface area contributed by atoms with Gasteiger partial charge in [0, 0.05) is 16.6 Å². The molecule has 2 aromatic carbocycles. The van der Waals surface area contributed by atoms with E-state index < -0.39 is 0 Å². The smallest absolute Gasteiger partial charge is 0.308 e. The minimum Gasteiger partial charge on any atom is -0.308 e. The van der Waals surface area contributed by atoms with Gasteiger partial charge in [-0.1, -0.05) is 29.8 Å². The van der Waals surface area contributed by atoms with E-state index in [4.69, 9.17) is 5.26 Å². The fourth-order valence-electron chi connectivity index (χ4n) is 2.08. The van der Waals surface area contributed by atoms with E-state index in [2.05, 4.69) is 21.7 Å². The number of hydrogen-bond acceptors (Lipinski definition) is 4. The van der Waals surface area contributed by atoms with Crippen molar-refractivity contribution in [2.24, 2.45) is 0 Å². The van der Waals surface area contributed by atoms with Crippen LogP contribution in [0.3, 0.4) is 0 Å². The SMILES string of the molecule is Cc1ccc(NC(=O)Nc2nc(-c3ccc(C#N)cc3)cs2)cc1. The normalized spacial score (nSPS) is 10.0. The monoisotopic (exact) mass is 334 g/mol. The van der Waals surface area contributed by atoms with Crippen molar-refractivity contribution in [1.82, 2.24) is 4.98 Å². The Bertz CT molecular complexity index is 892. The summed E-state index contributed by atoms with van der Waals surface area (Å²) < 4.78 is 0. The fourth-order valence-corrected chi connectivity index (χ4v) is 2.79. The Morgan fingerprint density at radius 1 is 1.08 bits per heavy atom. The number of nitrogens with one attached hydrogen (secondary N) is 2. The summed E-state index contributed by atoms with van der Waals surface area (Å²) in [6.45, 7) is 1.99. The second-order valence-electron chi connectivity index (χ2n) is 5.17. The number of nitriles is 1. The van der Waals surface area contributed by atoms with Gasteiger partial charge in [0.1, 0.15) is 0 Å². The minimum atomic E-state index is -0.334. The Morgan fingerprint density at radius 2 is 1.79 bits per heavy atom. The molecule has 6 heteroatoms. The topological polar surface area (TPSA) is 77.8 Å². The van der Waals surface area contributed by atoms with Crippen molar-refractivity contribution in [1.29, 1.82) is 5.26 Å². The molecule has 0 aliphatic heterocycles. The van der Waals surface area contributed by atoms with Crippen molar-refractivity contribution in [2.75, 3.05) is 10.6 Å². The van der Waals surface area contributed by atoms with E-state index in [0.29, 0.717) is 10.7 Å². The van der Waals surface area contributed by atoms with Crippen LogP contribution in [0, 0.1) is 18.3 Å². The Kier molecular flexibility index (Phi) is 4.54. The number of hydrogen-bond donors (Lipinski definition) is 2. The van der Waals surface area contributed by atoms with Gasteiger partial charge in [0.15, 0.2) is 5.13 Å². The summed E-state index contributed by atoms with van der Waals surface area (Å²) in [5.41, 5.74) is 4.12. The van der Waals surface area contributed by atoms with E-state index in [-0.39, 0.29) is 6.03 Å². The van der Waals surface area contributed by atoms with Gasteiger partial charge in [0.25, 0.3) is 0 Å². The summed E-state index contributed by atoms with van der Waals surface area (Å²) in [7, 11) is 0. The summed E-state index contributed by atoms with van der Waals surface area (Å²) >= 11 is 1.35. The van der Waals surface area contributed by atoms with Crippen LogP contribution in [0.15, 0.2) is 53.9 Å². The number of benzene rings is 2. The van der Waals surface area contributed by atoms with Gasteiger partial charge in [-0.15, -0.1) is 11.3 Å². The van der Waals surface area contributed by atoms with E-state index in [0.717, 1.165) is 22.5 Å². The van der Waals surface area contributed by atoms with Crippen molar-refractivity contribution >= 4 is 28.2 Å². The maximum absolute atomic E-state index is 12.0. The van der Waals surface area contributed by atoms with Crippen molar-refractivity contribution in [3.05, 3.63) is 65.0 Å². The van der Waals surface area contributed by atoms with E-state index in [1.54, 1.807) is 12.1 Å². The largest absolute Gasteiger partial charge is 0.325 e. The van der Waals surface area contributed by atoms with E-state index in [1.807, 2.05) is 48.7 Å². The lowest BCUT2D eigenvalue weighted by atomic mass is 10.1. The van der Waals surface area contributed by atoms with Gasteiger partial charge in [-0.2, -0.15) is 5.26 Å². The standard InChI is InChI=1S/C18H14N4OS/c1-12-2-8-15(9-3-12)20-17(23)22-18-21-16(11-24-18)14-6-4-13(10-19)5-7-14/h2-9,11H,1H3,(H2,20,21,22,23). The third kappa shape index (κ3) is 3.77. The maximum atomic E-state index is 12.0. The lowest BCUT2D eigenvalue weighted by Crippen LogP contribution is -2.19. The summed E-state index contributed by atoms with van der Waals surface area (Å²) in [5, 5.41) is 16.7. The molecule has 0 atom stereocenters. The lowest BCUT2D eigenvalue weighted by molar-refractivity contribution is 0.262. The number of aryl methyl sites for hydroxylation is 1. The first kappa shape index (κ1) is 15.7. The first-order chi connectivity index (χ1) is 11.6. The molecule has 0 saturated heterocycles. The van der Waals surface area contributed by atoms with E-state index in [9.17, 15) is 4.79 Å². The average Bonchev–Trinajstić information content (AvgIpc) is 3.05. The zero-order valence-electron chi connectivity index (χ0n) is 12.9. The third-order valence-corrected chi connectivity index (χ3v) is 4.10. The van der Waals surface area contributed by atoms with Crippen LogP contribution in [-0.4, -0.2) is 11.0 Å². The van der Waals surface area contributed by atoms with E-state index in [1.165, 1.54) is 11.3 Å². The molecule has 0 bridgehead atoms. The highest BCUT2D eigenvalue weighted by atomic mass is 32.1. The molecule has 0 fully saturated rings. The molecule has 3 aromatic rings. The van der Waals surface area contributed by atoms with Crippen molar-refractivity contribution < 1.29 is 4.79 Å². The highest BCUT2D eigenvalue weighted by Crippen LogP contribution is 2.25. The molecule has 3 rings (SSSR count). The predicted molar refractivity (Wildman–Crippen MR) is 96.1 cm³/mol. The zero-order valence-corrected chi connectivity index (χ0v) is 13.7. The van der Waals surface area contributed by atoms with Gasteiger partial charge < -0.3 is 5.32 Å². The number of urea groups is 1. The molecule has 118 valence electrons. The van der Waals surface area contributed by atoms with Gasteiger partial charge in [0.05, 0.1) is 17.3 Å². The molecule has 5 nitrogen and oxygen atoms in total. The van der Waals surface area contributed by atoms with Gasteiger partial charge in [-0.25, -0.2) is 9.78 Å². The van der Waals surface area contributed by atoms with Crippen LogP contribution in [0.5, 0.6) is 0 Å². The molecular weight excluding hydrogens is 320 g/mol. The molecule has 0 radical (unpaired) electrons. The number of aromatic nitrogens is 1. The van der Waals surface area contributed by atoms with Crippen LogP contribution in [0.4, 0.5) is 15.6 Å². The number of anilines is 2. The van der Waals surface area contributed by atoms with Crippen LogP contribution >= 0.6 is 11.3 Å². The predicted octanol–water partition coefficient (Wildman–Crippen LogP) is 4.63. The van der Waals surface area contributed by atoms with Crippen molar-refractivity contribution in [3.63, 3.8) is 0 Å². The van der Waals surface area contributed by atoms with Crippen molar-refractivity contribution in [2.45, 2.75) is 6.92 Å². The van der Waals surface area contributed by atoms with Gasteiger partial charge in [-0.3, -0.25) is 5.32 Å². The second kappa shape index (κ2) is 6.94. The van der Waals surface area contributed by atoms with Crippen molar-refractivity contribution in [3.8, 4) is 17.3 Å². The van der Waals surface area contributed by atoms with Crippen LogP contribution in [0.1, 0.15) is 11.1 Å². The molecule has 0 unspecified atom stereocenters. The maximum Gasteiger partial charge on any atom is 0.325 e. The summed E-state index contributed by atoms with van der Waals surface area (Å²) in [4.78, 5) is 16.4. The molecule has 1 aromatic heterocycles. The molecule has 1 heterocycles. The molecule has 0 aliphatic rings. The number of carbonyl (C=O) groups is 1. The van der Waals surface area contributed by atoms with E-state index >= 15 is 0 Å². The number of amides is 2. The summed E-state index contributed by atoms with van der Waals surface area (Å²) in [6, 6.07) is 16.5. The molecular formula is C18H14N4OS.